The maximum absolute atomic E-state index is 8.73. The van der Waals surface area contributed by atoms with Crippen LogP contribution in [0.1, 0.15) is 24.5 Å². The lowest BCUT2D eigenvalue weighted by molar-refractivity contribution is 0.637. The molecule has 0 bridgehead atoms. The zero-order chi connectivity index (χ0) is 9.30. The van der Waals surface area contributed by atoms with Crippen molar-refractivity contribution in [2.45, 2.75) is 26.8 Å². The third-order valence-electron chi connectivity index (χ3n) is 1.76. The van der Waals surface area contributed by atoms with Crippen molar-refractivity contribution in [3.05, 3.63) is 16.1 Å². The van der Waals surface area contributed by atoms with E-state index in [0.717, 1.165) is 16.1 Å². The SMILES string of the molecule is Cc1nc(C)n(C(C)C#N)c1Br. The van der Waals surface area contributed by atoms with Gasteiger partial charge in [-0.3, -0.25) is 0 Å². The van der Waals surface area contributed by atoms with Gasteiger partial charge in [0.25, 0.3) is 0 Å². The smallest absolute Gasteiger partial charge is 0.120 e. The highest BCUT2D eigenvalue weighted by molar-refractivity contribution is 9.10. The van der Waals surface area contributed by atoms with Gasteiger partial charge in [-0.2, -0.15) is 5.26 Å². The minimum absolute atomic E-state index is 0.166. The van der Waals surface area contributed by atoms with Gasteiger partial charge >= 0.3 is 0 Å². The second kappa shape index (κ2) is 3.28. The van der Waals surface area contributed by atoms with E-state index in [0.29, 0.717) is 0 Å². The quantitative estimate of drug-likeness (QED) is 0.740. The van der Waals surface area contributed by atoms with E-state index in [4.69, 9.17) is 5.26 Å². The summed E-state index contributed by atoms with van der Waals surface area (Å²) >= 11 is 3.39. The highest BCUT2D eigenvalue weighted by atomic mass is 79.9. The number of halogens is 1. The number of hydrogen-bond acceptors (Lipinski definition) is 2. The lowest BCUT2D eigenvalue weighted by Gasteiger charge is -2.07. The van der Waals surface area contributed by atoms with Crippen LogP contribution in [0.15, 0.2) is 4.60 Å². The van der Waals surface area contributed by atoms with Crippen LogP contribution in [0, 0.1) is 25.2 Å². The van der Waals surface area contributed by atoms with Crippen molar-refractivity contribution in [1.82, 2.24) is 9.55 Å². The Bertz CT molecular complexity index is 335. The summed E-state index contributed by atoms with van der Waals surface area (Å²) in [5.41, 5.74) is 0.926. The second-order valence-electron chi connectivity index (χ2n) is 2.71. The molecule has 1 unspecified atom stereocenters. The normalized spacial score (nSPS) is 12.6. The van der Waals surface area contributed by atoms with Crippen LogP contribution in [0.25, 0.3) is 0 Å². The van der Waals surface area contributed by atoms with Crippen molar-refractivity contribution in [2.75, 3.05) is 0 Å². The van der Waals surface area contributed by atoms with Crippen LogP contribution >= 0.6 is 15.9 Å². The van der Waals surface area contributed by atoms with E-state index in [1.807, 2.05) is 25.3 Å². The molecule has 0 aliphatic rings. The molecule has 0 spiro atoms. The van der Waals surface area contributed by atoms with Crippen LogP contribution in [-0.4, -0.2) is 9.55 Å². The molecular weight excluding hydrogens is 218 g/mol. The van der Waals surface area contributed by atoms with Crippen molar-refractivity contribution < 1.29 is 0 Å². The van der Waals surface area contributed by atoms with Gasteiger partial charge in [0.1, 0.15) is 16.5 Å². The van der Waals surface area contributed by atoms with Crippen LogP contribution < -0.4 is 0 Å². The Labute approximate surface area is 80.2 Å². The van der Waals surface area contributed by atoms with Gasteiger partial charge in [0, 0.05) is 0 Å². The van der Waals surface area contributed by atoms with Crippen LogP contribution in [0.2, 0.25) is 0 Å². The van der Waals surface area contributed by atoms with Crippen molar-refractivity contribution >= 4 is 15.9 Å². The zero-order valence-corrected chi connectivity index (χ0v) is 8.88. The second-order valence-corrected chi connectivity index (χ2v) is 3.46. The monoisotopic (exact) mass is 227 g/mol. The van der Waals surface area contributed by atoms with Gasteiger partial charge in [-0.15, -0.1) is 0 Å². The van der Waals surface area contributed by atoms with Crippen LogP contribution in [0.3, 0.4) is 0 Å². The molecule has 1 atom stereocenters. The molecule has 0 N–H and O–H groups in total. The standard InChI is InChI=1S/C8H10BrN3/c1-5(4-10)12-7(3)11-6(2)8(12)9/h5H,1-3H3. The fourth-order valence-electron chi connectivity index (χ4n) is 1.17. The molecule has 0 aromatic carbocycles. The fourth-order valence-corrected chi connectivity index (χ4v) is 1.82. The molecule has 1 heterocycles. The number of aromatic nitrogens is 2. The maximum atomic E-state index is 8.73. The van der Waals surface area contributed by atoms with E-state index < -0.39 is 0 Å². The molecule has 4 heteroatoms. The van der Waals surface area contributed by atoms with Gasteiger partial charge in [-0.25, -0.2) is 4.98 Å². The minimum atomic E-state index is -0.166. The van der Waals surface area contributed by atoms with E-state index in [9.17, 15) is 0 Å². The minimum Gasteiger partial charge on any atom is -0.306 e. The first-order valence-corrected chi connectivity index (χ1v) is 4.47. The van der Waals surface area contributed by atoms with Crippen LogP contribution in [-0.2, 0) is 0 Å². The molecule has 0 saturated heterocycles. The third-order valence-corrected chi connectivity index (χ3v) is 2.72. The third kappa shape index (κ3) is 1.37. The van der Waals surface area contributed by atoms with Gasteiger partial charge < -0.3 is 4.57 Å². The summed E-state index contributed by atoms with van der Waals surface area (Å²) in [5.74, 6) is 0.869. The first kappa shape index (κ1) is 9.27. The topological polar surface area (TPSA) is 41.6 Å². The Kier molecular flexibility index (Phi) is 2.53. The summed E-state index contributed by atoms with van der Waals surface area (Å²) in [6, 6.07) is 2.00. The van der Waals surface area contributed by atoms with Crippen molar-refractivity contribution in [2.24, 2.45) is 0 Å². The molecule has 64 valence electrons. The molecule has 12 heavy (non-hydrogen) atoms. The van der Waals surface area contributed by atoms with Gasteiger partial charge in [0.15, 0.2) is 0 Å². The molecule has 0 aliphatic heterocycles. The van der Waals surface area contributed by atoms with Crippen molar-refractivity contribution in [3.8, 4) is 6.07 Å². The van der Waals surface area contributed by atoms with Gasteiger partial charge in [0.2, 0.25) is 0 Å². The predicted molar refractivity (Wildman–Crippen MR) is 49.7 cm³/mol. The Balaban J connectivity index is 3.24. The predicted octanol–water partition coefficient (Wildman–Crippen LogP) is 2.35. The summed E-state index contributed by atoms with van der Waals surface area (Å²) in [7, 11) is 0. The van der Waals surface area contributed by atoms with E-state index >= 15 is 0 Å². The molecule has 1 rings (SSSR count). The largest absolute Gasteiger partial charge is 0.306 e. The van der Waals surface area contributed by atoms with Gasteiger partial charge in [0.05, 0.1) is 11.8 Å². The van der Waals surface area contributed by atoms with E-state index in [1.165, 1.54) is 0 Å². The number of nitriles is 1. The van der Waals surface area contributed by atoms with Crippen LogP contribution in [0.5, 0.6) is 0 Å². The average Bonchev–Trinajstić information content (AvgIpc) is 2.26. The highest BCUT2D eigenvalue weighted by Crippen LogP contribution is 2.21. The molecule has 0 fully saturated rings. The van der Waals surface area contributed by atoms with Crippen LogP contribution in [0.4, 0.5) is 0 Å². The number of nitrogens with zero attached hydrogens (tertiary/aromatic N) is 3. The summed E-state index contributed by atoms with van der Waals surface area (Å²) in [6.45, 7) is 5.65. The van der Waals surface area contributed by atoms with Crippen molar-refractivity contribution in [3.63, 3.8) is 0 Å². The van der Waals surface area contributed by atoms with E-state index in [-0.39, 0.29) is 6.04 Å². The number of rotatable bonds is 1. The zero-order valence-electron chi connectivity index (χ0n) is 7.30. The first-order valence-electron chi connectivity index (χ1n) is 3.68. The van der Waals surface area contributed by atoms with Gasteiger partial charge in [-0.05, 0) is 36.7 Å². The summed E-state index contributed by atoms with van der Waals surface area (Å²) in [4.78, 5) is 4.24. The Morgan fingerprint density at radius 1 is 1.58 bits per heavy atom. The summed E-state index contributed by atoms with van der Waals surface area (Å²) in [5, 5.41) is 8.73. The Morgan fingerprint density at radius 2 is 2.17 bits per heavy atom. The molecule has 0 aliphatic carbocycles. The maximum Gasteiger partial charge on any atom is 0.120 e. The molecule has 0 amide bonds. The number of imidazole rings is 1. The Morgan fingerprint density at radius 3 is 2.50 bits per heavy atom. The van der Waals surface area contributed by atoms with Crippen molar-refractivity contribution in [1.29, 1.82) is 5.26 Å². The molecule has 3 nitrogen and oxygen atoms in total. The molecule has 0 saturated carbocycles. The lowest BCUT2D eigenvalue weighted by Crippen LogP contribution is -2.04. The molecule has 0 radical (unpaired) electrons. The number of aryl methyl sites for hydroxylation is 2. The lowest BCUT2D eigenvalue weighted by atomic mass is 10.4. The highest BCUT2D eigenvalue weighted by Gasteiger charge is 2.13. The summed E-state index contributed by atoms with van der Waals surface area (Å²) < 4.78 is 2.77. The molecule has 1 aromatic heterocycles. The first-order chi connectivity index (χ1) is 5.57. The van der Waals surface area contributed by atoms with Gasteiger partial charge in [-0.1, -0.05) is 0 Å². The fraction of sp³-hybridized carbons (Fsp3) is 0.500. The molecule has 1 aromatic rings. The Hall–Kier alpha value is -0.820. The van der Waals surface area contributed by atoms with E-state index in [1.54, 1.807) is 0 Å². The van der Waals surface area contributed by atoms with E-state index in [2.05, 4.69) is 27.0 Å². The molecular formula is C8H10BrN3. The average molecular weight is 228 g/mol. The summed E-state index contributed by atoms with van der Waals surface area (Å²) in [6.07, 6.45) is 0. The number of hydrogen-bond donors (Lipinski definition) is 0.